The third-order valence-electron chi connectivity index (χ3n) is 2.88. The van der Waals surface area contributed by atoms with E-state index in [2.05, 4.69) is 6.58 Å². The van der Waals surface area contributed by atoms with Crippen LogP contribution in [0.4, 0.5) is 0 Å². The first kappa shape index (κ1) is 15.1. The summed E-state index contributed by atoms with van der Waals surface area (Å²) in [7, 11) is 0. The quantitative estimate of drug-likeness (QED) is 0.394. The highest BCUT2D eigenvalue weighted by Crippen LogP contribution is 2.16. The SMILES string of the molecule is C=CCCCCCCCCOc1ccc(Cl)cc1. The molecule has 0 bridgehead atoms. The zero-order chi connectivity index (χ0) is 13.1. The molecule has 0 unspecified atom stereocenters. The third-order valence-corrected chi connectivity index (χ3v) is 3.14. The molecule has 0 aliphatic carbocycles. The van der Waals surface area contributed by atoms with E-state index in [1.807, 2.05) is 30.3 Å². The second kappa shape index (κ2) is 10.0. The van der Waals surface area contributed by atoms with Gasteiger partial charge in [0.1, 0.15) is 5.75 Å². The van der Waals surface area contributed by atoms with Crippen LogP contribution in [0.5, 0.6) is 5.75 Å². The fourth-order valence-corrected chi connectivity index (χ4v) is 1.94. The Morgan fingerprint density at radius 3 is 2.22 bits per heavy atom. The van der Waals surface area contributed by atoms with Gasteiger partial charge in [-0.3, -0.25) is 0 Å². The van der Waals surface area contributed by atoms with Gasteiger partial charge in [-0.15, -0.1) is 6.58 Å². The van der Waals surface area contributed by atoms with E-state index in [1.165, 1.54) is 32.1 Å². The molecule has 0 N–H and O–H groups in total. The topological polar surface area (TPSA) is 9.23 Å². The standard InChI is InChI=1S/C16H23ClO/c1-2-3-4-5-6-7-8-9-14-18-16-12-10-15(17)11-13-16/h2,10-13H,1,3-9,14H2. The number of benzene rings is 1. The molecule has 0 fully saturated rings. The van der Waals surface area contributed by atoms with Gasteiger partial charge < -0.3 is 4.74 Å². The Morgan fingerprint density at radius 2 is 1.56 bits per heavy atom. The first-order valence-electron chi connectivity index (χ1n) is 6.82. The molecule has 0 aliphatic heterocycles. The van der Waals surface area contributed by atoms with Crippen molar-refractivity contribution < 1.29 is 4.74 Å². The minimum atomic E-state index is 0.752. The minimum Gasteiger partial charge on any atom is -0.494 e. The van der Waals surface area contributed by atoms with Gasteiger partial charge in [-0.25, -0.2) is 0 Å². The highest BCUT2D eigenvalue weighted by atomic mass is 35.5. The largest absolute Gasteiger partial charge is 0.494 e. The summed E-state index contributed by atoms with van der Waals surface area (Å²) in [5.41, 5.74) is 0. The average Bonchev–Trinajstić information content (AvgIpc) is 2.39. The molecule has 0 radical (unpaired) electrons. The maximum atomic E-state index is 5.80. The van der Waals surface area contributed by atoms with Gasteiger partial charge in [-0.2, -0.15) is 0 Å². The number of rotatable bonds is 10. The van der Waals surface area contributed by atoms with E-state index in [1.54, 1.807) is 0 Å². The zero-order valence-electron chi connectivity index (χ0n) is 11.0. The van der Waals surface area contributed by atoms with E-state index < -0.39 is 0 Å². The van der Waals surface area contributed by atoms with Gasteiger partial charge in [0.15, 0.2) is 0 Å². The Morgan fingerprint density at radius 1 is 0.944 bits per heavy atom. The van der Waals surface area contributed by atoms with Gasteiger partial charge in [0.05, 0.1) is 6.61 Å². The Hall–Kier alpha value is -0.950. The number of allylic oxidation sites excluding steroid dienone is 1. The second-order valence-corrected chi connectivity index (χ2v) is 4.94. The zero-order valence-corrected chi connectivity index (χ0v) is 11.8. The Bertz CT molecular complexity index is 318. The highest BCUT2D eigenvalue weighted by Gasteiger charge is 1.94. The maximum absolute atomic E-state index is 5.80. The number of halogens is 1. The van der Waals surface area contributed by atoms with Gasteiger partial charge in [0.2, 0.25) is 0 Å². The van der Waals surface area contributed by atoms with Crippen LogP contribution in [0.2, 0.25) is 5.02 Å². The van der Waals surface area contributed by atoms with Crippen LogP contribution in [0.1, 0.15) is 44.9 Å². The molecule has 1 aromatic rings. The Kier molecular flexibility index (Phi) is 8.41. The molecule has 0 amide bonds. The summed E-state index contributed by atoms with van der Waals surface area (Å²) in [5, 5.41) is 0.752. The lowest BCUT2D eigenvalue weighted by Gasteiger charge is -2.06. The molecule has 2 heteroatoms. The third kappa shape index (κ3) is 7.39. The first-order valence-corrected chi connectivity index (χ1v) is 7.20. The summed E-state index contributed by atoms with van der Waals surface area (Å²) in [6.45, 7) is 4.53. The van der Waals surface area contributed by atoms with Crippen LogP contribution in [-0.4, -0.2) is 6.61 Å². The van der Waals surface area contributed by atoms with Crippen molar-refractivity contribution in [1.82, 2.24) is 0 Å². The minimum absolute atomic E-state index is 0.752. The summed E-state index contributed by atoms with van der Waals surface area (Å²) >= 11 is 5.80. The Labute approximate surface area is 116 Å². The van der Waals surface area contributed by atoms with Crippen LogP contribution >= 0.6 is 11.6 Å². The van der Waals surface area contributed by atoms with Crippen molar-refractivity contribution in [2.45, 2.75) is 44.9 Å². The normalized spacial score (nSPS) is 10.3. The molecule has 18 heavy (non-hydrogen) atoms. The van der Waals surface area contributed by atoms with E-state index in [0.717, 1.165) is 30.2 Å². The maximum Gasteiger partial charge on any atom is 0.119 e. The summed E-state index contributed by atoms with van der Waals surface area (Å²) in [5.74, 6) is 0.908. The predicted octanol–water partition coefficient (Wildman–Crippen LogP) is 5.64. The summed E-state index contributed by atoms with van der Waals surface area (Å²) < 4.78 is 5.63. The van der Waals surface area contributed by atoms with Crippen molar-refractivity contribution in [2.75, 3.05) is 6.61 Å². The second-order valence-electron chi connectivity index (χ2n) is 4.50. The van der Waals surface area contributed by atoms with Crippen molar-refractivity contribution in [2.24, 2.45) is 0 Å². The van der Waals surface area contributed by atoms with Crippen LogP contribution in [0, 0.1) is 0 Å². The first-order chi connectivity index (χ1) is 8.83. The predicted molar refractivity (Wildman–Crippen MR) is 79.5 cm³/mol. The molecular formula is C16H23ClO. The number of ether oxygens (including phenoxy) is 1. The van der Waals surface area contributed by atoms with E-state index in [-0.39, 0.29) is 0 Å². The van der Waals surface area contributed by atoms with Crippen molar-refractivity contribution in [1.29, 1.82) is 0 Å². The lowest BCUT2D eigenvalue weighted by molar-refractivity contribution is 0.304. The van der Waals surface area contributed by atoms with E-state index >= 15 is 0 Å². The molecule has 0 aromatic heterocycles. The average molecular weight is 267 g/mol. The molecule has 100 valence electrons. The van der Waals surface area contributed by atoms with Gasteiger partial charge in [-0.05, 0) is 43.5 Å². The number of hydrogen-bond acceptors (Lipinski definition) is 1. The van der Waals surface area contributed by atoms with Crippen molar-refractivity contribution in [3.8, 4) is 5.75 Å². The van der Waals surface area contributed by atoms with E-state index in [0.29, 0.717) is 0 Å². The van der Waals surface area contributed by atoms with Gasteiger partial charge >= 0.3 is 0 Å². The van der Waals surface area contributed by atoms with Crippen LogP contribution in [0.3, 0.4) is 0 Å². The van der Waals surface area contributed by atoms with E-state index in [9.17, 15) is 0 Å². The molecule has 0 atom stereocenters. The molecule has 0 spiro atoms. The smallest absolute Gasteiger partial charge is 0.119 e. The summed E-state index contributed by atoms with van der Waals surface area (Å²) in [6.07, 6.45) is 10.8. The summed E-state index contributed by atoms with van der Waals surface area (Å²) in [4.78, 5) is 0. The lowest BCUT2D eigenvalue weighted by Crippen LogP contribution is -1.96. The molecule has 0 aliphatic rings. The monoisotopic (exact) mass is 266 g/mol. The van der Waals surface area contributed by atoms with Crippen LogP contribution < -0.4 is 4.74 Å². The van der Waals surface area contributed by atoms with Crippen molar-refractivity contribution in [3.63, 3.8) is 0 Å². The van der Waals surface area contributed by atoms with Crippen LogP contribution in [0.15, 0.2) is 36.9 Å². The highest BCUT2D eigenvalue weighted by molar-refractivity contribution is 6.30. The molecule has 1 rings (SSSR count). The van der Waals surface area contributed by atoms with Crippen LogP contribution in [-0.2, 0) is 0 Å². The molecule has 0 saturated carbocycles. The van der Waals surface area contributed by atoms with Gasteiger partial charge in [0, 0.05) is 5.02 Å². The fourth-order valence-electron chi connectivity index (χ4n) is 1.82. The molecule has 1 nitrogen and oxygen atoms in total. The fraction of sp³-hybridized carbons (Fsp3) is 0.500. The van der Waals surface area contributed by atoms with Gasteiger partial charge in [0.25, 0.3) is 0 Å². The van der Waals surface area contributed by atoms with E-state index in [4.69, 9.17) is 16.3 Å². The van der Waals surface area contributed by atoms with Crippen molar-refractivity contribution in [3.05, 3.63) is 41.9 Å². The Balaban J connectivity index is 1.92. The summed E-state index contributed by atoms with van der Waals surface area (Å²) in [6, 6.07) is 7.54. The van der Waals surface area contributed by atoms with Gasteiger partial charge in [-0.1, -0.05) is 43.4 Å². The number of hydrogen-bond donors (Lipinski definition) is 0. The molecule has 0 saturated heterocycles. The van der Waals surface area contributed by atoms with Crippen LogP contribution in [0.25, 0.3) is 0 Å². The lowest BCUT2D eigenvalue weighted by atomic mass is 10.1. The van der Waals surface area contributed by atoms with Crippen molar-refractivity contribution >= 4 is 11.6 Å². The molecular weight excluding hydrogens is 244 g/mol. The molecule has 1 aromatic carbocycles. The molecule has 0 heterocycles. The number of unbranched alkanes of at least 4 members (excludes halogenated alkanes) is 6.